The lowest BCUT2D eigenvalue weighted by Gasteiger charge is -2.14. The molecule has 1 aromatic heterocycles. The smallest absolute Gasteiger partial charge is 0.170 e. The summed E-state index contributed by atoms with van der Waals surface area (Å²) in [7, 11) is 2.49. The Morgan fingerprint density at radius 2 is 0.745 bits per heavy atom. The van der Waals surface area contributed by atoms with E-state index in [2.05, 4.69) is 8.75 Å². The normalized spacial score (nSPS) is 12.0. The van der Waals surface area contributed by atoms with Crippen LogP contribution in [-0.4, -0.2) is 23.0 Å². The van der Waals surface area contributed by atoms with Gasteiger partial charge in [0.1, 0.15) is 22.5 Å². The fourth-order valence-electron chi connectivity index (χ4n) is 6.61. The zero-order chi connectivity index (χ0) is 38.7. The summed E-state index contributed by atoms with van der Waals surface area (Å²) in [5.41, 5.74) is -0.701. The van der Waals surface area contributed by atoms with Gasteiger partial charge in [-0.1, -0.05) is 72.8 Å². The van der Waals surface area contributed by atoms with E-state index >= 15 is 35.1 Å². The minimum absolute atomic E-state index is 0.0283. The van der Waals surface area contributed by atoms with Gasteiger partial charge in [-0.3, -0.25) is 0 Å². The molecule has 0 radical (unpaired) electrons. The highest BCUT2D eigenvalue weighted by atomic mass is 32.1. The van der Waals surface area contributed by atoms with Crippen molar-refractivity contribution in [3.63, 3.8) is 0 Å². The second kappa shape index (κ2) is 13.8. The predicted octanol–water partition coefficient (Wildman–Crippen LogP) is 12.1. The van der Waals surface area contributed by atoms with Crippen LogP contribution in [0.1, 0.15) is 22.3 Å². The van der Waals surface area contributed by atoms with E-state index in [0.717, 1.165) is 36.0 Å². The van der Waals surface area contributed by atoms with Gasteiger partial charge in [0.15, 0.2) is 46.5 Å². The molecule has 15 aliphatic rings. The first-order valence-corrected chi connectivity index (χ1v) is 17.1. The Morgan fingerprint density at radius 3 is 1.07 bits per heavy atom. The molecule has 7 aromatic rings. The SMILES string of the molecule is COc1cc2c(OC)cc1C=Cc1c(F)c(F)c(c(F)c1F)-c1ccc(cc1)-c1ccc(c3nsnc13)-c1ccc(cc1)-c1c(F)c(F)c(c(F)c1F)C=C2. The Morgan fingerprint density at radius 1 is 0.418 bits per heavy atom. The monoisotopic (exact) mass is 770 g/mol. The van der Waals surface area contributed by atoms with Gasteiger partial charge in [0.05, 0.1) is 48.2 Å². The van der Waals surface area contributed by atoms with Crippen molar-refractivity contribution < 1.29 is 44.6 Å². The Kier molecular flexibility index (Phi) is 8.96. The van der Waals surface area contributed by atoms with Crippen molar-refractivity contribution in [3.8, 4) is 56.0 Å². The van der Waals surface area contributed by atoms with Gasteiger partial charge in [-0.25, -0.2) is 35.1 Å². The van der Waals surface area contributed by atoms with E-state index in [-0.39, 0.29) is 33.8 Å². The van der Waals surface area contributed by atoms with E-state index in [1.165, 1.54) is 74.9 Å². The molecule has 55 heavy (non-hydrogen) atoms. The summed E-state index contributed by atoms with van der Waals surface area (Å²) in [5, 5.41) is 0. The van der Waals surface area contributed by atoms with Gasteiger partial charge < -0.3 is 9.47 Å². The molecule has 0 spiro atoms. The first kappa shape index (κ1) is 35.7. The van der Waals surface area contributed by atoms with Crippen molar-refractivity contribution in [2.75, 3.05) is 14.2 Å². The van der Waals surface area contributed by atoms with Gasteiger partial charge in [-0.05, 0) is 46.5 Å². The molecule has 0 unspecified atom stereocenters. The maximum atomic E-state index is 15.6. The van der Waals surface area contributed by atoms with E-state index in [9.17, 15) is 0 Å². The fraction of sp³-hybridized carbons (Fsp3) is 0.0476. The van der Waals surface area contributed by atoms with Crippen LogP contribution in [0.25, 0.3) is 79.8 Å². The molecule has 0 saturated carbocycles. The van der Waals surface area contributed by atoms with Crippen LogP contribution in [0.4, 0.5) is 35.1 Å². The lowest BCUT2D eigenvalue weighted by molar-refractivity contribution is 0.401. The number of benzene rings is 6. The first-order chi connectivity index (χ1) is 26.5. The predicted molar refractivity (Wildman–Crippen MR) is 196 cm³/mol. The van der Waals surface area contributed by atoms with Crippen LogP contribution in [0.5, 0.6) is 11.5 Å². The van der Waals surface area contributed by atoms with Crippen LogP contribution in [0.15, 0.2) is 72.8 Å². The highest BCUT2D eigenvalue weighted by molar-refractivity contribution is 7.00. The maximum Gasteiger partial charge on any atom is 0.170 e. The molecule has 274 valence electrons. The minimum atomic E-state index is -1.65. The fourth-order valence-corrected chi connectivity index (χ4v) is 7.19. The molecule has 12 bridgehead atoms. The van der Waals surface area contributed by atoms with E-state index in [1.807, 2.05) is 0 Å². The molecular formula is C42H22F8N2O2S. The number of methoxy groups -OCH3 is 2. The summed E-state index contributed by atoms with van der Waals surface area (Å²) in [4.78, 5) is 0. The number of hydrogen-bond donors (Lipinski definition) is 0. The molecule has 0 fully saturated rings. The molecule has 6 aromatic carbocycles. The molecule has 0 saturated heterocycles. The van der Waals surface area contributed by atoms with E-state index in [1.54, 1.807) is 12.1 Å². The number of nitrogens with zero attached hydrogens (tertiary/aromatic N) is 2. The molecule has 0 amide bonds. The second-order valence-corrected chi connectivity index (χ2v) is 12.9. The van der Waals surface area contributed by atoms with Crippen molar-refractivity contribution in [1.29, 1.82) is 0 Å². The van der Waals surface area contributed by atoms with Crippen LogP contribution in [0.2, 0.25) is 0 Å². The average Bonchev–Trinajstić information content (AvgIpc) is 3.70. The van der Waals surface area contributed by atoms with Crippen LogP contribution < -0.4 is 9.47 Å². The number of rotatable bonds is 2. The Balaban J connectivity index is 1.36. The third-order valence-electron chi connectivity index (χ3n) is 9.42. The van der Waals surface area contributed by atoms with Crippen molar-refractivity contribution >= 4 is 47.1 Å². The van der Waals surface area contributed by atoms with E-state index in [4.69, 9.17) is 9.47 Å². The molecule has 4 nitrogen and oxygen atoms in total. The summed E-state index contributed by atoms with van der Waals surface area (Å²) in [6, 6.07) is 17.4. The van der Waals surface area contributed by atoms with Crippen LogP contribution in [0.3, 0.4) is 0 Å². The topological polar surface area (TPSA) is 44.2 Å². The standard InChI is InChI=1S/C42H22F8N2O2S/c1-53-29-17-24-12-14-28-35(45)39(49)32(40(50)36(28)46)22-9-5-20(6-10-22)26-16-15-25(41-42(26)52-55-51-41)19-3-7-21(8-4-19)31-37(47)33(43)27(34(44)38(31)48)13-11-23(29)18-30(24)54-2/h3-18H,1-2H3. The van der Waals surface area contributed by atoms with Gasteiger partial charge in [0.25, 0.3) is 0 Å². The minimum Gasteiger partial charge on any atom is -0.496 e. The molecule has 1 heterocycles. The van der Waals surface area contributed by atoms with Gasteiger partial charge in [0.2, 0.25) is 0 Å². The zero-order valence-electron chi connectivity index (χ0n) is 28.4. The molecule has 0 N–H and O–H groups in total. The highest BCUT2D eigenvalue weighted by Crippen LogP contribution is 2.40. The second-order valence-electron chi connectivity index (χ2n) is 12.4. The van der Waals surface area contributed by atoms with Crippen molar-refractivity contribution in [1.82, 2.24) is 8.75 Å². The van der Waals surface area contributed by atoms with Crippen LogP contribution in [0, 0.1) is 46.5 Å². The van der Waals surface area contributed by atoms with Crippen molar-refractivity contribution in [2.45, 2.75) is 0 Å². The highest BCUT2D eigenvalue weighted by Gasteiger charge is 2.27. The van der Waals surface area contributed by atoms with Gasteiger partial charge in [0, 0.05) is 22.3 Å². The number of halogens is 8. The summed E-state index contributed by atoms with van der Waals surface area (Å²) in [6.07, 6.45) is 3.86. The molecule has 15 aliphatic carbocycles. The van der Waals surface area contributed by atoms with E-state index < -0.39 is 68.8 Å². The van der Waals surface area contributed by atoms with Crippen LogP contribution >= 0.6 is 11.7 Å². The lowest BCUT2D eigenvalue weighted by Crippen LogP contribution is -2.03. The lowest BCUT2D eigenvalue weighted by atomic mass is 9.94. The summed E-state index contributed by atoms with van der Waals surface area (Å²) in [6.45, 7) is 0. The summed E-state index contributed by atoms with van der Waals surface area (Å²) >= 11 is 0.910. The molecule has 0 aliphatic heterocycles. The Labute approximate surface area is 311 Å². The average molecular weight is 771 g/mol. The van der Waals surface area contributed by atoms with Crippen molar-refractivity contribution in [3.05, 3.63) is 142 Å². The number of hydrogen-bond acceptors (Lipinski definition) is 5. The largest absolute Gasteiger partial charge is 0.496 e. The van der Waals surface area contributed by atoms with Crippen LogP contribution in [-0.2, 0) is 0 Å². The van der Waals surface area contributed by atoms with Gasteiger partial charge in [-0.2, -0.15) is 8.75 Å². The Hall–Kier alpha value is -6.34. The molecular weight excluding hydrogens is 749 g/mol. The summed E-state index contributed by atoms with van der Waals surface area (Å²) < 4.78 is 144. The molecule has 22 rings (SSSR count). The summed E-state index contributed by atoms with van der Waals surface area (Å²) in [5.74, 6) is -13.0. The number of ether oxygens (including phenoxy) is 2. The molecule has 0 atom stereocenters. The van der Waals surface area contributed by atoms with Crippen molar-refractivity contribution in [2.24, 2.45) is 0 Å². The quantitative estimate of drug-likeness (QED) is 0.130. The zero-order valence-corrected chi connectivity index (χ0v) is 29.2. The van der Waals surface area contributed by atoms with Gasteiger partial charge in [-0.15, -0.1) is 0 Å². The van der Waals surface area contributed by atoms with Gasteiger partial charge >= 0.3 is 0 Å². The maximum absolute atomic E-state index is 15.6. The third-order valence-corrected chi connectivity index (χ3v) is 9.95. The molecule has 13 heteroatoms. The first-order valence-electron chi connectivity index (χ1n) is 16.3. The van der Waals surface area contributed by atoms with E-state index in [0.29, 0.717) is 33.3 Å². The Bertz CT molecular complexity index is 2520. The number of aromatic nitrogens is 2. The third kappa shape index (κ3) is 5.82.